The van der Waals surface area contributed by atoms with Gasteiger partial charge in [0.1, 0.15) is 0 Å². The molecule has 164 valence electrons. The third-order valence-electron chi connectivity index (χ3n) is 4.99. The number of nitrogens with one attached hydrogen (secondary N) is 1. The highest BCUT2D eigenvalue weighted by molar-refractivity contribution is 5.66. The van der Waals surface area contributed by atoms with E-state index in [9.17, 15) is 4.79 Å². The summed E-state index contributed by atoms with van der Waals surface area (Å²) in [6.45, 7) is 2.28. The summed E-state index contributed by atoms with van der Waals surface area (Å²) in [6, 6.07) is 0. The van der Waals surface area contributed by atoms with Gasteiger partial charge < -0.3 is 10.4 Å². The molecule has 27 heavy (non-hydrogen) atoms. The Morgan fingerprint density at radius 2 is 0.778 bits per heavy atom. The van der Waals surface area contributed by atoms with Gasteiger partial charge in [-0.25, -0.2) is 0 Å². The van der Waals surface area contributed by atoms with E-state index >= 15 is 0 Å². The lowest BCUT2D eigenvalue weighted by Crippen LogP contribution is -1.93. The summed E-state index contributed by atoms with van der Waals surface area (Å²) in [5.41, 5.74) is 0. The van der Waals surface area contributed by atoms with Gasteiger partial charge in [-0.05, 0) is 20.5 Å². The molecular formula is C24H51NO2. The standard InChI is InChI=1S/C22H44O2.C2H7N/c1-2-3-4-5-6-7-8-9-10-11-12-13-14-15-16-17-18-19-20-21-22(23)24;1-3-2/h2-21H2,1H3,(H,23,24);3H,1-2H3. The smallest absolute Gasteiger partial charge is 0.303 e. The van der Waals surface area contributed by atoms with Gasteiger partial charge in [-0.2, -0.15) is 0 Å². The first-order valence-electron chi connectivity index (χ1n) is 12.0. The van der Waals surface area contributed by atoms with Crippen LogP contribution in [0.15, 0.2) is 0 Å². The van der Waals surface area contributed by atoms with Crippen molar-refractivity contribution < 1.29 is 9.90 Å². The molecular weight excluding hydrogens is 334 g/mol. The molecule has 0 spiro atoms. The maximum Gasteiger partial charge on any atom is 0.303 e. The van der Waals surface area contributed by atoms with E-state index in [1.165, 1.54) is 109 Å². The largest absolute Gasteiger partial charge is 0.481 e. The molecule has 0 rings (SSSR count). The Morgan fingerprint density at radius 1 is 0.556 bits per heavy atom. The Bertz CT molecular complexity index is 269. The van der Waals surface area contributed by atoms with Crippen molar-refractivity contribution in [2.75, 3.05) is 14.1 Å². The Hall–Kier alpha value is -0.570. The zero-order valence-electron chi connectivity index (χ0n) is 19.0. The van der Waals surface area contributed by atoms with Crippen LogP contribution >= 0.6 is 0 Å². The summed E-state index contributed by atoms with van der Waals surface area (Å²) < 4.78 is 0. The molecule has 3 nitrogen and oxygen atoms in total. The van der Waals surface area contributed by atoms with Crippen LogP contribution in [0.4, 0.5) is 0 Å². The van der Waals surface area contributed by atoms with Crippen molar-refractivity contribution in [3.63, 3.8) is 0 Å². The van der Waals surface area contributed by atoms with E-state index in [-0.39, 0.29) is 0 Å². The van der Waals surface area contributed by atoms with Gasteiger partial charge in [0, 0.05) is 6.42 Å². The second kappa shape index (κ2) is 27.6. The van der Waals surface area contributed by atoms with Crippen LogP contribution in [0.25, 0.3) is 0 Å². The Labute approximate surface area is 171 Å². The number of hydrogen-bond acceptors (Lipinski definition) is 2. The molecule has 0 unspecified atom stereocenters. The lowest BCUT2D eigenvalue weighted by molar-refractivity contribution is -0.137. The van der Waals surface area contributed by atoms with Crippen LogP contribution in [0.3, 0.4) is 0 Å². The molecule has 0 aliphatic heterocycles. The molecule has 3 heteroatoms. The molecule has 0 fully saturated rings. The first-order valence-corrected chi connectivity index (χ1v) is 12.0. The van der Waals surface area contributed by atoms with E-state index in [1.807, 2.05) is 14.1 Å². The monoisotopic (exact) mass is 385 g/mol. The topological polar surface area (TPSA) is 49.3 Å². The first kappa shape index (κ1) is 28.6. The summed E-state index contributed by atoms with van der Waals surface area (Å²) in [5.74, 6) is -0.651. The van der Waals surface area contributed by atoms with E-state index in [2.05, 4.69) is 12.2 Å². The van der Waals surface area contributed by atoms with Crippen molar-refractivity contribution in [1.29, 1.82) is 0 Å². The Balaban J connectivity index is 0. The second-order valence-electron chi connectivity index (χ2n) is 8.01. The maximum absolute atomic E-state index is 10.4. The fourth-order valence-electron chi connectivity index (χ4n) is 3.35. The summed E-state index contributed by atoms with van der Waals surface area (Å²) in [5, 5.41) is 11.3. The molecule has 2 N–H and O–H groups in total. The Morgan fingerprint density at radius 3 is 1.00 bits per heavy atom. The van der Waals surface area contributed by atoms with Crippen LogP contribution in [0.2, 0.25) is 0 Å². The lowest BCUT2D eigenvalue weighted by atomic mass is 10.0. The van der Waals surface area contributed by atoms with E-state index < -0.39 is 5.97 Å². The second-order valence-corrected chi connectivity index (χ2v) is 8.01. The van der Waals surface area contributed by atoms with E-state index in [1.54, 1.807) is 0 Å². The third kappa shape index (κ3) is 33.4. The molecule has 0 aromatic rings. The minimum absolute atomic E-state index is 0.346. The molecule has 0 atom stereocenters. The average Bonchev–Trinajstić information content (AvgIpc) is 2.64. The van der Waals surface area contributed by atoms with Crippen molar-refractivity contribution in [3.8, 4) is 0 Å². The molecule has 0 bridgehead atoms. The van der Waals surface area contributed by atoms with Gasteiger partial charge in [-0.15, -0.1) is 0 Å². The van der Waals surface area contributed by atoms with Gasteiger partial charge in [0.15, 0.2) is 0 Å². The zero-order valence-corrected chi connectivity index (χ0v) is 19.0. The fraction of sp³-hybridized carbons (Fsp3) is 0.958. The number of carboxylic acid groups (broad SMARTS) is 1. The van der Waals surface area contributed by atoms with E-state index in [0.29, 0.717) is 6.42 Å². The summed E-state index contributed by atoms with van der Waals surface area (Å²) in [7, 11) is 3.75. The van der Waals surface area contributed by atoms with E-state index in [0.717, 1.165) is 12.8 Å². The van der Waals surface area contributed by atoms with Crippen molar-refractivity contribution in [3.05, 3.63) is 0 Å². The van der Waals surface area contributed by atoms with Gasteiger partial charge in [-0.1, -0.05) is 122 Å². The Kier molecular flexibility index (Phi) is 29.3. The average molecular weight is 386 g/mol. The SMILES string of the molecule is CCCCCCCCCCCCCCCCCCCCCC(=O)O.CNC. The minimum Gasteiger partial charge on any atom is -0.481 e. The molecule has 0 heterocycles. The van der Waals surface area contributed by atoms with Gasteiger partial charge in [0.2, 0.25) is 0 Å². The van der Waals surface area contributed by atoms with Crippen LogP contribution < -0.4 is 5.32 Å². The number of carboxylic acids is 1. The molecule has 0 aromatic heterocycles. The van der Waals surface area contributed by atoms with E-state index in [4.69, 9.17) is 5.11 Å². The fourth-order valence-corrected chi connectivity index (χ4v) is 3.35. The summed E-state index contributed by atoms with van der Waals surface area (Å²) >= 11 is 0. The van der Waals surface area contributed by atoms with Gasteiger partial charge in [0.05, 0.1) is 0 Å². The molecule has 0 aliphatic carbocycles. The van der Waals surface area contributed by atoms with Crippen molar-refractivity contribution in [2.24, 2.45) is 0 Å². The van der Waals surface area contributed by atoms with Gasteiger partial charge in [0.25, 0.3) is 0 Å². The molecule has 0 aromatic carbocycles. The number of carbonyl (C=O) groups is 1. The predicted octanol–water partition coefficient (Wildman–Crippen LogP) is 7.73. The zero-order chi connectivity index (χ0) is 20.4. The van der Waals surface area contributed by atoms with Crippen LogP contribution in [0, 0.1) is 0 Å². The molecule has 0 saturated heterocycles. The predicted molar refractivity (Wildman–Crippen MR) is 121 cm³/mol. The lowest BCUT2D eigenvalue weighted by Gasteiger charge is -2.03. The first-order chi connectivity index (χ1) is 13.2. The van der Waals surface area contributed by atoms with Crippen LogP contribution in [-0.2, 0) is 4.79 Å². The van der Waals surface area contributed by atoms with Crippen molar-refractivity contribution in [1.82, 2.24) is 5.32 Å². The third-order valence-corrected chi connectivity index (χ3v) is 4.99. The number of rotatable bonds is 20. The highest BCUT2D eigenvalue weighted by Crippen LogP contribution is 2.14. The number of unbranched alkanes of at least 4 members (excludes halogenated alkanes) is 18. The quantitative estimate of drug-likeness (QED) is 0.211. The number of aliphatic carboxylic acids is 1. The van der Waals surface area contributed by atoms with Crippen LogP contribution in [0.5, 0.6) is 0 Å². The summed E-state index contributed by atoms with van der Waals surface area (Å²) in [4.78, 5) is 10.4. The molecule has 0 amide bonds. The normalized spacial score (nSPS) is 10.5. The highest BCUT2D eigenvalue weighted by Gasteiger charge is 1.97. The van der Waals surface area contributed by atoms with Crippen molar-refractivity contribution >= 4 is 5.97 Å². The van der Waals surface area contributed by atoms with Gasteiger partial charge in [-0.3, -0.25) is 4.79 Å². The highest BCUT2D eigenvalue weighted by atomic mass is 16.4. The minimum atomic E-state index is -0.651. The maximum atomic E-state index is 10.4. The van der Waals surface area contributed by atoms with Crippen LogP contribution in [0.1, 0.15) is 135 Å². The molecule has 0 saturated carbocycles. The summed E-state index contributed by atoms with van der Waals surface area (Å²) in [6.07, 6.45) is 26.1. The van der Waals surface area contributed by atoms with Crippen molar-refractivity contribution in [2.45, 2.75) is 135 Å². The molecule has 0 radical (unpaired) electrons. The van der Waals surface area contributed by atoms with Crippen LogP contribution in [-0.4, -0.2) is 25.2 Å². The number of hydrogen-bond donors (Lipinski definition) is 2. The van der Waals surface area contributed by atoms with Gasteiger partial charge >= 0.3 is 5.97 Å². The molecule has 0 aliphatic rings.